The van der Waals surface area contributed by atoms with E-state index in [9.17, 15) is 14.9 Å². The summed E-state index contributed by atoms with van der Waals surface area (Å²) in [5.41, 5.74) is 0.375. The number of piperidine rings is 1. The number of carbonyl (C=O) groups is 1. The van der Waals surface area contributed by atoms with Crippen LogP contribution in [0.3, 0.4) is 0 Å². The molecule has 1 amide bonds. The normalized spacial score (nSPS) is 20.5. The van der Waals surface area contributed by atoms with Crippen LogP contribution < -0.4 is 5.32 Å². The summed E-state index contributed by atoms with van der Waals surface area (Å²) >= 11 is 0. The van der Waals surface area contributed by atoms with E-state index in [1.807, 2.05) is 4.90 Å². The molecule has 0 atom stereocenters. The van der Waals surface area contributed by atoms with Crippen LogP contribution in [0.5, 0.6) is 0 Å². The second-order valence-corrected chi connectivity index (χ2v) is 6.34. The van der Waals surface area contributed by atoms with Gasteiger partial charge >= 0.3 is 5.82 Å². The summed E-state index contributed by atoms with van der Waals surface area (Å²) < 4.78 is 1.56. The Labute approximate surface area is 128 Å². The maximum absolute atomic E-state index is 12.4. The molecule has 0 saturated carbocycles. The Kier molecular flexibility index (Phi) is 3.86. The van der Waals surface area contributed by atoms with E-state index < -0.39 is 4.92 Å². The van der Waals surface area contributed by atoms with Crippen LogP contribution in [0.1, 0.15) is 25.1 Å². The molecular formula is C14H21N5O3. The third-order valence-corrected chi connectivity index (χ3v) is 4.96. The summed E-state index contributed by atoms with van der Waals surface area (Å²) in [7, 11) is 0. The molecule has 8 heteroatoms. The minimum absolute atomic E-state index is 0.0104. The van der Waals surface area contributed by atoms with E-state index in [4.69, 9.17) is 0 Å². The summed E-state index contributed by atoms with van der Waals surface area (Å²) in [6.45, 7) is 5.48. The van der Waals surface area contributed by atoms with Crippen LogP contribution in [0.15, 0.2) is 6.20 Å². The van der Waals surface area contributed by atoms with Crippen molar-refractivity contribution in [3.05, 3.63) is 22.1 Å². The van der Waals surface area contributed by atoms with E-state index in [-0.39, 0.29) is 18.3 Å². The van der Waals surface area contributed by atoms with E-state index in [0.29, 0.717) is 11.2 Å². The lowest BCUT2D eigenvalue weighted by molar-refractivity contribution is -0.389. The molecule has 1 N–H and O–H groups in total. The van der Waals surface area contributed by atoms with Gasteiger partial charge in [0.05, 0.1) is 0 Å². The van der Waals surface area contributed by atoms with Crippen LogP contribution in [-0.2, 0) is 11.3 Å². The predicted molar refractivity (Wildman–Crippen MR) is 79.4 cm³/mol. The number of hydrogen-bond donors (Lipinski definition) is 1. The number of likely N-dealkylation sites (tertiary alicyclic amines) is 1. The number of aromatic nitrogens is 2. The average Bonchev–Trinajstić information content (AvgIpc) is 3.08. The van der Waals surface area contributed by atoms with Gasteiger partial charge in [-0.05, 0) is 41.1 Å². The third-order valence-electron chi connectivity index (χ3n) is 4.96. The van der Waals surface area contributed by atoms with Crippen molar-refractivity contribution in [2.75, 3.05) is 26.2 Å². The highest BCUT2D eigenvalue weighted by Crippen LogP contribution is 2.36. The molecule has 0 unspecified atom stereocenters. The largest absolute Gasteiger partial charge is 0.381 e. The highest BCUT2D eigenvalue weighted by molar-refractivity contribution is 5.76. The second-order valence-electron chi connectivity index (χ2n) is 6.34. The van der Waals surface area contributed by atoms with Gasteiger partial charge in [-0.25, -0.2) is 0 Å². The molecule has 0 bridgehead atoms. The maximum atomic E-state index is 12.4. The van der Waals surface area contributed by atoms with E-state index in [0.717, 1.165) is 39.0 Å². The molecule has 0 aromatic carbocycles. The summed E-state index contributed by atoms with van der Waals surface area (Å²) in [4.78, 5) is 28.3. The summed E-state index contributed by atoms with van der Waals surface area (Å²) in [5, 5.41) is 14.1. The van der Waals surface area contributed by atoms with Crippen LogP contribution >= 0.6 is 0 Å². The topological polar surface area (TPSA) is 93.3 Å². The van der Waals surface area contributed by atoms with Gasteiger partial charge in [-0.3, -0.25) is 9.36 Å². The van der Waals surface area contributed by atoms with E-state index in [1.54, 1.807) is 11.5 Å². The molecule has 22 heavy (non-hydrogen) atoms. The van der Waals surface area contributed by atoms with E-state index in [1.165, 1.54) is 12.6 Å². The molecule has 2 aliphatic rings. The lowest BCUT2D eigenvalue weighted by Crippen LogP contribution is -2.45. The van der Waals surface area contributed by atoms with Gasteiger partial charge in [0.25, 0.3) is 0 Å². The SMILES string of the molecule is Cc1nc([N+](=O)[O-])cn1CC(=O)N1CCC2(CCNC2)CC1. The zero-order valence-corrected chi connectivity index (χ0v) is 12.7. The zero-order valence-electron chi connectivity index (χ0n) is 12.7. The van der Waals surface area contributed by atoms with E-state index in [2.05, 4.69) is 10.3 Å². The first kappa shape index (κ1) is 15.0. The third kappa shape index (κ3) is 2.83. The Bertz CT molecular complexity index is 581. The fourth-order valence-corrected chi connectivity index (χ4v) is 3.44. The minimum atomic E-state index is -0.536. The Morgan fingerprint density at radius 2 is 2.18 bits per heavy atom. The molecular weight excluding hydrogens is 286 g/mol. The highest BCUT2D eigenvalue weighted by atomic mass is 16.6. The van der Waals surface area contributed by atoms with Crippen molar-refractivity contribution in [3.63, 3.8) is 0 Å². The molecule has 0 radical (unpaired) electrons. The van der Waals surface area contributed by atoms with Crippen molar-refractivity contribution in [2.45, 2.75) is 32.7 Å². The number of rotatable bonds is 3. The van der Waals surface area contributed by atoms with Crippen molar-refractivity contribution < 1.29 is 9.72 Å². The molecule has 2 saturated heterocycles. The van der Waals surface area contributed by atoms with Crippen molar-refractivity contribution in [2.24, 2.45) is 5.41 Å². The van der Waals surface area contributed by atoms with Crippen molar-refractivity contribution in [3.8, 4) is 0 Å². The number of hydrogen-bond acceptors (Lipinski definition) is 5. The Balaban J connectivity index is 1.60. The standard InChI is InChI=1S/C14H21N5O3/c1-11-16-12(19(21)22)8-18(11)9-13(20)17-6-3-14(4-7-17)2-5-15-10-14/h8,15H,2-7,9-10H2,1H3. The van der Waals surface area contributed by atoms with Crippen molar-refractivity contribution in [1.82, 2.24) is 19.8 Å². The van der Waals surface area contributed by atoms with Crippen molar-refractivity contribution in [1.29, 1.82) is 0 Å². The molecule has 2 fully saturated rings. The number of nitro groups is 1. The number of nitrogens with zero attached hydrogens (tertiary/aromatic N) is 4. The lowest BCUT2D eigenvalue weighted by Gasteiger charge is -2.38. The summed E-state index contributed by atoms with van der Waals surface area (Å²) in [6.07, 6.45) is 4.60. The first-order valence-electron chi connectivity index (χ1n) is 7.66. The predicted octanol–water partition coefficient (Wildman–Crippen LogP) is 0.702. The Morgan fingerprint density at radius 1 is 1.45 bits per heavy atom. The van der Waals surface area contributed by atoms with E-state index >= 15 is 0 Å². The molecule has 3 heterocycles. The first-order chi connectivity index (χ1) is 10.5. The van der Waals surface area contributed by atoms with Crippen molar-refractivity contribution >= 4 is 11.7 Å². The molecule has 3 rings (SSSR count). The summed E-state index contributed by atoms with van der Waals surface area (Å²) in [6, 6.07) is 0. The second kappa shape index (κ2) is 5.68. The van der Waals surface area contributed by atoms with Gasteiger partial charge in [0.1, 0.15) is 12.7 Å². The van der Waals surface area contributed by atoms with Crippen LogP contribution in [0.25, 0.3) is 0 Å². The van der Waals surface area contributed by atoms with Gasteiger partial charge in [0, 0.05) is 26.6 Å². The van der Waals surface area contributed by atoms with Crippen LogP contribution in [0.2, 0.25) is 0 Å². The average molecular weight is 307 g/mol. The number of amides is 1. The molecule has 1 aromatic rings. The monoisotopic (exact) mass is 307 g/mol. The minimum Gasteiger partial charge on any atom is -0.358 e. The molecule has 120 valence electrons. The van der Waals surface area contributed by atoms with Crippen LogP contribution in [0, 0.1) is 22.5 Å². The maximum Gasteiger partial charge on any atom is 0.381 e. The van der Waals surface area contributed by atoms with Gasteiger partial charge in [-0.2, -0.15) is 0 Å². The molecule has 1 spiro atoms. The van der Waals surface area contributed by atoms with Gasteiger partial charge in [-0.1, -0.05) is 0 Å². The lowest BCUT2D eigenvalue weighted by atomic mass is 9.78. The quantitative estimate of drug-likeness (QED) is 0.655. The molecule has 2 aliphatic heterocycles. The van der Waals surface area contributed by atoms with Gasteiger partial charge in [0.15, 0.2) is 0 Å². The van der Waals surface area contributed by atoms with Crippen LogP contribution in [-0.4, -0.2) is 51.5 Å². The molecule has 8 nitrogen and oxygen atoms in total. The molecule has 0 aliphatic carbocycles. The smallest absolute Gasteiger partial charge is 0.358 e. The van der Waals surface area contributed by atoms with Gasteiger partial charge < -0.3 is 20.3 Å². The first-order valence-corrected chi connectivity index (χ1v) is 7.66. The Morgan fingerprint density at radius 3 is 2.73 bits per heavy atom. The van der Waals surface area contributed by atoms with Gasteiger partial charge in [0.2, 0.25) is 11.7 Å². The number of nitrogens with one attached hydrogen (secondary N) is 1. The molecule has 1 aromatic heterocycles. The fraction of sp³-hybridized carbons (Fsp3) is 0.714. The number of imidazole rings is 1. The number of carbonyl (C=O) groups excluding carboxylic acids is 1. The number of aryl methyl sites for hydroxylation is 1. The zero-order chi connectivity index (χ0) is 15.7. The van der Waals surface area contributed by atoms with Crippen LogP contribution in [0.4, 0.5) is 5.82 Å². The highest BCUT2D eigenvalue weighted by Gasteiger charge is 2.38. The van der Waals surface area contributed by atoms with Gasteiger partial charge in [-0.15, -0.1) is 0 Å². The summed E-state index contributed by atoms with van der Waals surface area (Å²) in [5.74, 6) is 0.296. The Hall–Kier alpha value is -1.96. The fourth-order valence-electron chi connectivity index (χ4n) is 3.44.